The lowest BCUT2D eigenvalue weighted by Gasteiger charge is -2.38. The van der Waals surface area contributed by atoms with Crippen molar-refractivity contribution in [2.45, 2.75) is 49.7 Å². The van der Waals surface area contributed by atoms with Gasteiger partial charge in [-0.25, -0.2) is 0 Å². The number of anilines is 1. The summed E-state index contributed by atoms with van der Waals surface area (Å²) >= 11 is 6.41. The molecule has 2 N–H and O–H groups in total. The molecule has 3 nitrogen and oxygen atoms in total. The fourth-order valence-electron chi connectivity index (χ4n) is 5.17. The van der Waals surface area contributed by atoms with Crippen LogP contribution in [0.4, 0.5) is 5.69 Å². The van der Waals surface area contributed by atoms with E-state index in [9.17, 15) is 5.11 Å². The second-order valence-electron chi connectivity index (χ2n) is 8.11. The Balaban J connectivity index is 1.80. The summed E-state index contributed by atoms with van der Waals surface area (Å²) in [4.78, 5) is 2.42. The molecule has 0 unspecified atom stereocenters. The molecule has 2 aromatic rings. The van der Waals surface area contributed by atoms with Gasteiger partial charge in [0.25, 0.3) is 0 Å². The molecule has 2 aliphatic rings. The molecule has 2 aromatic carbocycles. The molecule has 1 aliphatic carbocycles. The average Bonchev–Trinajstić information content (AvgIpc) is 2.96. The van der Waals surface area contributed by atoms with Gasteiger partial charge in [0.2, 0.25) is 0 Å². The number of likely N-dealkylation sites (N-methyl/N-ethyl adjacent to an activating group) is 1. The number of nitrogens with zero attached hydrogens (tertiary/aromatic N) is 1. The molecule has 1 aliphatic heterocycles. The second kappa shape index (κ2) is 7.83. The van der Waals surface area contributed by atoms with Gasteiger partial charge >= 0.3 is 0 Å². The lowest BCUT2D eigenvalue weighted by atomic mass is 9.71. The lowest BCUT2D eigenvalue weighted by molar-refractivity contribution is 0.138. The highest BCUT2D eigenvalue weighted by atomic mass is 35.5. The normalized spacial score (nSPS) is 20.5. The molecular formula is C23H29ClN2O. The fourth-order valence-corrected chi connectivity index (χ4v) is 5.34. The molecule has 144 valence electrons. The number of hydrogen-bond donors (Lipinski definition) is 2. The first-order chi connectivity index (χ1) is 13.1. The number of hydrogen-bond acceptors (Lipinski definition) is 3. The summed E-state index contributed by atoms with van der Waals surface area (Å²) in [6.07, 6.45) is 5.84. The van der Waals surface area contributed by atoms with Gasteiger partial charge in [-0.2, -0.15) is 0 Å². The molecule has 0 amide bonds. The van der Waals surface area contributed by atoms with E-state index in [2.05, 4.69) is 46.6 Å². The molecule has 4 rings (SSSR count). The highest BCUT2D eigenvalue weighted by Gasteiger charge is 2.46. The molecule has 2 atom stereocenters. The zero-order chi connectivity index (χ0) is 18.9. The molecule has 0 bridgehead atoms. The van der Waals surface area contributed by atoms with Crippen LogP contribution in [-0.4, -0.2) is 31.3 Å². The predicted octanol–water partition coefficient (Wildman–Crippen LogP) is 4.68. The maximum atomic E-state index is 11.1. The van der Waals surface area contributed by atoms with E-state index in [0.717, 1.165) is 17.1 Å². The van der Waals surface area contributed by atoms with Crippen LogP contribution in [0.15, 0.2) is 48.5 Å². The standard InChI is InChI=1S/C23H29ClN2O/c1-25-15-21(27)22(17-8-4-2-5-9-17)26-16-23(12-6-3-7-13-23)19-11-10-18(24)14-20(19)26/h2,4-5,8-11,14,21-22,25,27H,3,6-7,12-13,15-16H2,1H3/t21-,22+/m1/s1. The van der Waals surface area contributed by atoms with Crippen molar-refractivity contribution in [1.82, 2.24) is 5.32 Å². The van der Waals surface area contributed by atoms with E-state index in [1.54, 1.807) is 0 Å². The van der Waals surface area contributed by atoms with Crippen LogP contribution in [0.5, 0.6) is 0 Å². The molecule has 0 radical (unpaired) electrons. The van der Waals surface area contributed by atoms with Crippen molar-refractivity contribution >= 4 is 17.3 Å². The number of aliphatic hydroxyl groups excluding tert-OH is 1. The van der Waals surface area contributed by atoms with Gasteiger partial charge in [0.05, 0.1) is 12.1 Å². The van der Waals surface area contributed by atoms with Crippen molar-refractivity contribution in [3.63, 3.8) is 0 Å². The highest BCUT2D eigenvalue weighted by molar-refractivity contribution is 6.30. The molecular weight excluding hydrogens is 356 g/mol. The molecule has 0 saturated heterocycles. The van der Waals surface area contributed by atoms with E-state index in [0.29, 0.717) is 6.54 Å². The minimum atomic E-state index is -0.497. The van der Waals surface area contributed by atoms with Gasteiger partial charge in [0.15, 0.2) is 0 Å². The molecule has 1 fully saturated rings. The summed E-state index contributed by atoms with van der Waals surface area (Å²) in [7, 11) is 1.89. The molecule has 1 heterocycles. The quantitative estimate of drug-likeness (QED) is 0.785. The largest absolute Gasteiger partial charge is 0.389 e. The van der Waals surface area contributed by atoms with Crippen LogP contribution >= 0.6 is 11.6 Å². The van der Waals surface area contributed by atoms with E-state index in [1.807, 2.05) is 19.2 Å². The SMILES string of the molecule is CNC[C@@H](O)[C@H](c1ccccc1)N1CC2(CCCCC2)c2ccc(Cl)cc21. The third-order valence-corrected chi connectivity index (χ3v) is 6.61. The Hall–Kier alpha value is -1.55. The van der Waals surface area contributed by atoms with Crippen molar-refractivity contribution in [2.24, 2.45) is 0 Å². The summed E-state index contributed by atoms with van der Waals surface area (Å²) in [5.74, 6) is 0. The second-order valence-corrected chi connectivity index (χ2v) is 8.55. The zero-order valence-corrected chi connectivity index (χ0v) is 16.8. The number of benzene rings is 2. The summed E-state index contributed by atoms with van der Waals surface area (Å²) in [5.41, 5.74) is 3.97. The Morgan fingerprint density at radius 1 is 1.11 bits per heavy atom. The van der Waals surface area contributed by atoms with Crippen molar-refractivity contribution in [2.75, 3.05) is 25.0 Å². The van der Waals surface area contributed by atoms with Gasteiger partial charge in [0, 0.05) is 29.2 Å². The van der Waals surface area contributed by atoms with E-state index >= 15 is 0 Å². The molecule has 27 heavy (non-hydrogen) atoms. The minimum absolute atomic E-state index is 0.0860. The van der Waals surface area contributed by atoms with Crippen LogP contribution < -0.4 is 10.2 Å². The van der Waals surface area contributed by atoms with Crippen molar-refractivity contribution < 1.29 is 5.11 Å². The molecule has 1 spiro atoms. The summed E-state index contributed by atoms with van der Waals surface area (Å²) in [5, 5.41) is 15.0. The number of rotatable bonds is 5. The Labute approximate surface area is 167 Å². The number of nitrogens with one attached hydrogen (secondary N) is 1. The third-order valence-electron chi connectivity index (χ3n) is 6.38. The molecule has 4 heteroatoms. The van der Waals surface area contributed by atoms with E-state index in [4.69, 9.17) is 11.6 Å². The van der Waals surface area contributed by atoms with Crippen LogP contribution in [0, 0.1) is 0 Å². The maximum absolute atomic E-state index is 11.1. The first-order valence-corrected chi connectivity index (χ1v) is 10.5. The fraction of sp³-hybridized carbons (Fsp3) is 0.478. The van der Waals surface area contributed by atoms with Crippen molar-refractivity contribution in [1.29, 1.82) is 0 Å². The van der Waals surface area contributed by atoms with Gasteiger partial charge in [-0.05, 0) is 43.1 Å². The van der Waals surface area contributed by atoms with Crippen LogP contribution in [-0.2, 0) is 5.41 Å². The Morgan fingerprint density at radius 2 is 1.85 bits per heavy atom. The first kappa shape index (κ1) is 18.8. The van der Waals surface area contributed by atoms with Crippen molar-refractivity contribution in [3.05, 3.63) is 64.7 Å². The van der Waals surface area contributed by atoms with Gasteiger partial charge in [-0.1, -0.05) is 67.3 Å². The topological polar surface area (TPSA) is 35.5 Å². The smallest absolute Gasteiger partial charge is 0.0909 e. The average molecular weight is 385 g/mol. The predicted molar refractivity (Wildman–Crippen MR) is 113 cm³/mol. The third kappa shape index (κ3) is 3.49. The summed E-state index contributed by atoms with van der Waals surface area (Å²) in [6.45, 7) is 1.52. The Kier molecular flexibility index (Phi) is 5.45. The summed E-state index contributed by atoms with van der Waals surface area (Å²) in [6, 6.07) is 16.7. The van der Waals surface area contributed by atoms with Gasteiger partial charge < -0.3 is 15.3 Å². The lowest BCUT2D eigenvalue weighted by Crippen LogP contribution is -2.43. The maximum Gasteiger partial charge on any atom is 0.0909 e. The number of fused-ring (bicyclic) bond motifs is 2. The molecule has 0 aromatic heterocycles. The van der Waals surface area contributed by atoms with Crippen LogP contribution in [0.1, 0.15) is 49.3 Å². The number of halogens is 1. The Bertz CT molecular complexity index is 773. The van der Waals surface area contributed by atoms with Gasteiger partial charge in [0.1, 0.15) is 0 Å². The minimum Gasteiger partial charge on any atom is -0.389 e. The van der Waals surface area contributed by atoms with Crippen LogP contribution in [0.3, 0.4) is 0 Å². The highest BCUT2D eigenvalue weighted by Crippen LogP contribution is 2.52. The van der Waals surface area contributed by atoms with E-state index in [1.165, 1.54) is 43.4 Å². The van der Waals surface area contributed by atoms with Crippen molar-refractivity contribution in [3.8, 4) is 0 Å². The Morgan fingerprint density at radius 3 is 2.56 bits per heavy atom. The summed E-state index contributed by atoms with van der Waals surface area (Å²) < 4.78 is 0. The first-order valence-electron chi connectivity index (χ1n) is 10.1. The van der Waals surface area contributed by atoms with E-state index in [-0.39, 0.29) is 11.5 Å². The zero-order valence-electron chi connectivity index (χ0n) is 16.0. The van der Waals surface area contributed by atoms with Gasteiger partial charge in [-0.3, -0.25) is 0 Å². The van der Waals surface area contributed by atoms with Crippen LogP contribution in [0.25, 0.3) is 0 Å². The van der Waals surface area contributed by atoms with Crippen LogP contribution in [0.2, 0.25) is 5.02 Å². The number of aliphatic hydroxyl groups is 1. The molecule has 1 saturated carbocycles. The van der Waals surface area contributed by atoms with E-state index < -0.39 is 6.10 Å². The monoisotopic (exact) mass is 384 g/mol. The van der Waals surface area contributed by atoms with Gasteiger partial charge in [-0.15, -0.1) is 0 Å².